The van der Waals surface area contributed by atoms with Crippen LogP contribution in [-0.4, -0.2) is 55.5 Å². The number of hydrogen-bond donors (Lipinski definition) is 1. The largest absolute Gasteiger partial charge is 0.340 e. The van der Waals surface area contributed by atoms with Crippen LogP contribution < -0.4 is 5.73 Å². The van der Waals surface area contributed by atoms with Gasteiger partial charge < -0.3 is 15.5 Å². The molecule has 110 valence electrons. The Balaban J connectivity index is 2.07. The zero-order chi connectivity index (χ0) is 14.0. The van der Waals surface area contributed by atoms with Crippen molar-refractivity contribution in [2.75, 3.05) is 33.7 Å². The Kier molecular flexibility index (Phi) is 4.51. The van der Waals surface area contributed by atoms with E-state index in [0.29, 0.717) is 24.4 Å². The summed E-state index contributed by atoms with van der Waals surface area (Å²) in [6.45, 7) is 4.52. The predicted molar refractivity (Wildman–Crippen MR) is 77.8 cm³/mol. The van der Waals surface area contributed by atoms with E-state index in [1.54, 1.807) is 0 Å². The minimum absolute atomic E-state index is 0.251. The van der Waals surface area contributed by atoms with Crippen molar-refractivity contribution in [2.24, 2.45) is 17.1 Å². The van der Waals surface area contributed by atoms with E-state index in [-0.39, 0.29) is 5.41 Å². The molecule has 0 spiro atoms. The van der Waals surface area contributed by atoms with E-state index in [1.165, 1.54) is 6.42 Å². The Hall–Kier alpha value is -0.610. The Bertz CT molecular complexity index is 323. The second-order valence-electron chi connectivity index (χ2n) is 6.76. The van der Waals surface area contributed by atoms with Crippen LogP contribution in [-0.2, 0) is 4.79 Å². The summed E-state index contributed by atoms with van der Waals surface area (Å²) in [5.74, 6) is 0.878. The fourth-order valence-electron chi connectivity index (χ4n) is 3.86. The number of nitrogens with zero attached hydrogens (tertiary/aromatic N) is 2. The van der Waals surface area contributed by atoms with E-state index >= 15 is 0 Å². The van der Waals surface area contributed by atoms with Gasteiger partial charge in [-0.25, -0.2) is 0 Å². The Morgan fingerprint density at radius 2 is 1.89 bits per heavy atom. The van der Waals surface area contributed by atoms with Crippen molar-refractivity contribution in [3.63, 3.8) is 0 Å². The summed E-state index contributed by atoms with van der Waals surface area (Å²) >= 11 is 0. The number of rotatable bonds is 3. The third-order valence-corrected chi connectivity index (χ3v) is 5.18. The molecular formula is C15H29N3O. The van der Waals surface area contributed by atoms with E-state index in [9.17, 15) is 4.79 Å². The maximum Gasteiger partial charge on any atom is 0.230 e. The van der Waals surface area contributed by atoms with Crippen LogP contribution in [0, 0.1) is 11.3 Å². The van der Waals surface area contributed by atoms with Gasteiger partial charge in [-0.05, 0) is 32.9 Å². The second-order valence-corrected chi connectivity index (χ2v) is 6.76. The van der Waals surface area contributed by atoms with Crippen LogP contribution in [0.3, 0.4) is 0 Å². The lowest BCUT2D eigenvalue weighted by molar-refractivity contribution is -0.142. The molecule has 0 aromatic rings. The molecule has 1 saturated heterocycles. The molecule has 2 N–H and O–H groups in total. The lowest BCUT2D eigenvalue weighted by Crippen LogP contribution is -2.49. The summed E-state index contributed by atoms with van der Waals surface area (Å²) < 4.78 is 0. The summed E-state index contributed by atoms with van der Waals surface area (Å²) in [4.78, 5) is 17.2. The molecule has 4 nitrogen and oxygen atoms in total. The number of carbonyl (C=O) groups is 1. The van der Waals surface area contributed by atoms with Crippen LogP contribution >= 0.6 is 0 Å². The van der Waals surface area contributed by atoms with Crippen LogP contribution in [0.1, 0.15) is 39.0 Å². The fourth-order valence-corrected chi connectivity index (χ4v) is 3.86. The van der Waals surface area contributed by atoms with Gasteiger partial charge in [0.2, 0.25) is 5.91 Å². The Labute approximate surface area is 117 Å². The zero-order valence-corrected chi connectivity index (χ0v) is 12.7. The quantitative estimate of drug-likeness (QED) is 0.838. The van der Waals surface area contributed by atoms with Gasteiger partial charge in [-0.15, -0.1) is 0 Å². The SMILES string of the molecule is CC1CN(C(=O)C2(CN)CCCCC2)CC1N(C)C. The number of likely N-dealkylation sites (N-methyl/N-ethyl adjacent to an activating group) is 1. The van der Waals surface area contributed by atoms with Gasteiger partial charge in [-0.1, -0.05) is 26.2 Å². The topological polar surface area (TPSA) is 49.6 Å². The van der Waals surface area contributed by atoms with Crippen molar-refractivity contribution < 1.29 is 4.79 Å². The molecule has 0 aromatic carbocycles. The average molecular weight is 267 g/mol. The molecule has 4 heteroatoms. The van der Waals surface area contributed by atoms with Crippen molar-refractivity contribution in [1.82, 2.24) is 9.80 Å². The molecule has 2 fully saturated rings. The average Bonchev–Trinajstić information content (AvgIpc) is 2.81. The van der Waals surface area contributed by atoms with Crippen molar-refractivity contribution in [2.45, 2.75) is 45.1 Å². The molecule has 2 atom stereocenters. The molecule has 0 aromatic heterocycles. The molecular weight excluding hydrogens is 238 g/mol. The van der Waals surface area contributed by atoms with E-state index < -0.39 is 0 Å². The fraction of sp³-hybridized carbons (Fsp3) is 0.933. The summed E-state index contributed by atoms with van der Waals surface area (Å²) in [6.07, 6.45) is 5.54. The lowest BCUT2D eigenvalue weighted by Gasteiger charge is -2.38. The zero-order valence-electron chi connectivity index (χ0n) is 12.7. The van der Waals surface area contributed by atoms with Gasteiger partial charge in [-0.3, -0.25) is 4.79 Å². The molecule has 1 aliphatic carbocycles. The first kappa shape index (κ1) is 14.8. The standard InChI is InChI=1S/C15H29N3O/c1-12-9-18(10-13(12)17(2)3)14(19)15(11-16)7-5-4-6-8-15/h12-13H,4-11,16H2,1-3H3. The molecule has 0 radical (unpaired) electrons. The normalized spacial score (nSPS) is 30.9. The first-order valence-corrected chi connectivity index (χ1v) is 7.66. The van der Waals surface area contributed by atoms with E-state index in [2.05, 4.69) is 30.8 Å². The van der Waals surface area contributed by atoms with Crippen molar-refractivity contribution in [1.29, 1.82) is 0 Å². The van der Waals surface area contributed by atoms with Gasteiger partial charge >= 0.3 is 0 Å². The summed E-state index contributed by atoms with van der Waals surface area (Å²) in [5.41, 5.74) is 5.73. The first-order chi connectivity index (χ1) is 9.00. The van der Waals surface area contributed by atoms with Gasteiger partial charge in [-0.2, -0.15) is 0 Å². The van der Waals surface area contributed by atoms with E-state index in [1.807, 2.05) is 0 Å². The van der Waals surface area contributed by atoms with Crippen molar-refractivity contribution >= 4 is 5.91 Å². The summed E-state index contributed by atoms with van der Waals surface area (Å²) in [7, 11) is 4.21. The van der Waals surface area contributed by atoms with E-state index in [0.717, 1.165) is 38.8 Å². The highest BCUT2D eigenvalue weighted by atomic mass is 16.2. The molecule has 0 bridgehead atoms. The molecule has 2 unspecified atom stereocenters. The first-order valence-electron chi connectivity index (χ1n) is 7.66. The molecule has 1 amide bonds. The van der Waals surface area contributed by atoms with Gasteiger partial charge in [0, 0.05) is 25.7 Å². The van der Waals surface area contributed by atoms with Crippen LogP contribution in [0.2, 0.25) is 0 Å². The Morgan fingerprint density at radius 3 is 2.37 bits per heavy atom. The number of hydrogen-bond acceptors (Lipinski definition) is 3. The van der Waals surface area contributed by atoms with Crippen LogP contribution in [0.25, 0.3) is 0 Å². The predicted octanol–water partition coefficient (Wildman–Crippen LogP) is 1.30. The van der Waals surface area contributed by atoms with Gasteiger partial charge in [0.15, 0.2) is 0 Å². The number of carbonyl (C=O) groups excluding carboxylic acids is 1. The third kappa shape index (κ3) is 2.79. The summed E-state index contributed by atoms with van der Waals surface area (Å²) in [5, 5.41) is 0. The van der Waals surface area contributed by atoms with Crippen molar-refractivity contribution in [3.05, 3.63) is 0 Å². The van der Waals surface area contributed by atoms with Gasteiger partial charge in [0.25, 0.3) is 0 Å². The van der Waals surface area contributed by atoms with Crippen LogP contribution in [0.4, 0.5) is 0 Å². The molecule has 19 heavy (non-hydrogen) atoms. The third-order valence-electron chi connectivity index (χ3n) is 5.18. The highest BCUT2D eigenvalue weighted by Gasteiger charge is 2.44. The van der Waals surface area contributed by atoms with Crippen LogP contribution in [0.15, 0.2) is 0 Å². The van der Waals surface area contributed by atoms with Crippen molar-refractivity contribution in [3.8, 4) is 0 Å². The van der Waals surface area contributed by atoms with E-state index in [4.69, 9.17) is 5.73 Å². The van der Waals surface area contributed by atoms with Gasteiger partial charge in [0.05, 0.1) is 5.41 Å². The highest BCUT2D eigenvalue weighted by Crippen LogP contribution is 2.38. The molecule has 1 heterocycles. The number of amides is 1. The maximum absolute atomic E-state index is 12.9. The maximum atomic E-state index is 12.9. The minimum Gasteiger partial charge on any atom is -0.340 e. The molecule has 2 aliphatic rings. The lowest BCUT2D eigenvalue weighted by atomic mass is 9.73. The molecule has 1 aliphatic heterocycles. The minimum atomic E-state index is -0.251. The van der Waals surface area contributed by atoms with Crippen LogP contribution in [0.5, 0.6) is 0 Å². The highest BCUT2D eigenvalue weighted by molar-refractivity contribution is 5.83. The monoisotopic (exact) mass is 267 g/mol. The molecule has 1 saturated carbocycles. The second kappa shape index (κ2) is 5.80. The summed E-state index contributed by atoms with van der Waals surface area (Å²) in [6, 6.07) is 0.488. The smallest absolute Gasteiger partial charge is 0.230 e. The van der Waals surface area contributed by atoms with Gasteiger partial charge in [0.1, 0.15) is 0 Å². The number of nitrogens with two attached hydrogens (primary N) is 1. The molecule has 2 rings (SSSR count). The Morgan fingerprint density at radius 1 is 1.26 bits per heavy atom. The number of likely N-dealkylation sites (tertiary alicyclic amines) is 1.